The summed E-state index contributed by atoms with van der Waals surface area (Å²) >= 11 is 0. The van der Waals surface area contributed by atoms with E-state index in [9.17, 15) is 0 Å². The number of aromatic nitrogens is 6. The Morgan fingerprint density at radius 1 is 1.25 bits per heavy atom. The smallest absolute Gasteiger partial charge is 0.191 e. The minimum absolute atomic E-state index is 0.514. The van der Waals surface area contributed by atoms with Gasteiger partial charge in [0.2, 0.25) is 0 Å². The molecule has 2 heterocycles. The number of hydrogen-bond acceptors (Lipinski definition) is 6. The van der Waals surface area contributed by atoms with E-state index in [-0.39, 0.29) is 0 Å². The van der Waals surface area contributed by atoms with Crippen molar-refractivity contribution in [3.8, 4) is 23.0 Å². The number of aryl methyl sites for hydroxylation is 1. The molecule has 102 valence electrons. The number of nitrogens with two attached hydrogens (primary N) is 1. The Labute approximate surface area is 114 Å². The lowest BCUT2D eigenvalue weighted by Crippen LogP contribution is -2.03. The van der Waals surface area contributed by atoms with E-state index in [2.05, 4.69) is 20.6 Å². The number of rotatable bonds is 3. The van der Waals surface area contributed by atoms with E-state index in [1.165, 1.54) is 4.68 Å². The molecule has 2 aromatic heterocycles. The topological polar surface area (TPSA) is 96.7 Å². The zero-order valence-corrected chi connectivity index (χ0v) is 11.1. The van der Waals surface area contributed by atoms with Gasteiger partial charge in [0.1, 0.15) is 5.75 Å². The molecule has 2 N–H and O–H groups in total. The first kappa shape index (κ1) is 12.2. The molecule has 8 heteroatoms. The molecule has 0 aliphatic heterocycles. The van der Waals surface area contributed by atoms with E-state index in [4.69, 9.17) is 10.5 Å². The summed E-state index contributed by atoms with van der Waals surface area (Å²) in [4.78, 5) is 0. The third-order valence-electron chi connectivity index (χ3n) is 2.89. The van der Waals surface area contributed by atoms with Crippen molar-refractivity contribution >= 4 is 5.69 Å². The van der Waals surface area contributed by atoms with Crippen LogP contribution in [0.25, 0.3) is 17.2 Å². The maximum absolute atomic E-state index is 6.00. The van der Waals surface area contributed by atoms with E-state index in [0.717, 1.165) is 0 Å². The molecule has 0 aliphatic rings. The Hall–Kier alpha value is -2.90. The van der Waals surface area contributed by atoms with Crippen LogP contribution in [0.15, 0.2) is 30.5 Å². The predicted molar refractivity (Wildman–Crippen MR) is 72.3 cm³/mol. The third kappa shape index (κ3) is 1.96. The van der Waals surface area contributed by atoms with E-state index in [1.807, 2.05) is 19.3 Å². The van der Waals surface area contributed by atoms with Crippen molar-refractivity contribution < 1.29 is 4.74 Å². The summed E-state index contributed by atoms with van der Waals surface area (Å²) in [6.07, 6.45) is 1.82. The van der Waals surface area contributed by atoms with Gasteiger partial charge in [0.15, 0.2) is 11.6 Å². The van der Waals surface area contributed by atoms with Crippen molar-refractivity contribution in [3.63, 3.8) is 0 Å². The van der Waals surface area contributed by atoms with Crippen LogP contribution in [-0.4, -0.2) is 37.1 Å². The van der Waals surface area contributed by atoms with Crippen LogP contribution in [0.5, 0.6) is 5.75 Å². The van der Waals surface area contributed by atoms with Crippen molar-refractivity contribution in [2.45, 2.75) is 0 Å². The fourth-order valence-corrected chi connectivity index (χ4v) is 1.88. The molecule has 3 aromatic rings. The van der Waals surface area contributed by atoms with Crippen molar-refractivity contribution in [2.24, 2.45) is 7.05 Å². The molecule has 0 amide bonds. The van der Waals surface area contributed by atoms with Gasteiger partial charge in [0.25, 0.3) is 0 Å². The fourth-order valence-electron chi connectivity index (χ4n) is 1.88. The van der Waals surface area contributed by atoms with Gasteiger partial charge in [-0.2, -0.15) is 9.78 Å². The number of methoxy groups -OCH3 is 1. The highest BCUT2D eigenvalue weighted by atomic mass is 16.5. The maximum Gasteiger partial charge on any atom is 0.191 e. The molecule has 0 spiro atoms. The van der Waals surface area contributed by atoms with Gasteiger partial charge in [0, 0.05) is 30.6 Å². The summed E-state index contributed by atoms with van der Waals surface area (Å²) < 4.78 is 8.41. The molecule has 20 heavy (non-hydrogen) atoms. The molecule has 0 fully saturated rings. The molecular weight excluding hydrogens is 258 g/mol. The maximum atomic E-state index is 6.00. The minimum Gasteiger partial charge on any atom is -0.497 e. The van der Waals surface area contributed by atoms with Crippen LogP contribution in [0.3, 0.4) is 0 Å². The van der Waals surface area contributed by atoms with Gasteiger partial charge in [0.05, 0.1) is 7.11 Å². The zero-order chi connectivity index (χ0) is 14.1. The highest BCUT2D eigenvalue weighted by molar-refractivity contribution is 5.73. The van der Waals surface area contributed by atoms with Gasteiger partial charge >= 0.3 is 0 Å². The van der Waals surface area contributed by atoms with E-state index < -0.39 is 0 Å². The van der Waals surface area contributed by atoms with E-state index in [1.54, 1.807) is 30.0 Å². The number of ether oxygens (including phenoxy) is 1. The van der Waals surface area contributed by atoms with E-state index >= 15 is 0 Å². The van der Waals surface area contributed by atoms with E-state index in [0.29, 0.717) is 28.6 Å². The Morgan fingerprint density at radius 3 is 2.80 bits per heavy atom. The predicted octanol–water partition coefficient (Wildman–Crippen LogP) is 0.654. The van der Waals surface area contributed by atoms with Crippen LogP contribution in [0.4, 0.5) is 5.69 Å². The minimum atomic E-state index is 0.514. The van der Waals surface area contributed by atoms with Gasteiger partial charge < -0.3 is 10.5 Å². The largest absolute Gasteiger partial charge is 0.497 e. The van der Waals surface area contributed by atoms with Gasteiger partial charge in [-0.15, -0.1) is 5.10 Å². The number of anilines is 1. The lowest BCUT2D eigenvalue weighted by Gasteiger charge is -2.07. The van der Waals surface area contributed by atoms with Crippen LogP contribution in [0, 0.1) is 0 Å². The van der Waals surface area contributed by atoms with Crippen LogP contribution < -0.4 is 10.5 Å². The zero-order valence-electron chi connectivity index (χ0n) is 11.1. The molecule has 0 unspecified atom stereocenters. The first-order chi connectivity index (χ1) is 9.69. The van der Waals surface area contributed by atoms with Crippen LogP contribution in [0.1, 0.15) is 0 Å². The summed E-state index contributed by atoms with van der Waals surface area (Å²) in [5.41, 5.74) is 7.26. The Kier molecular flexibility index (Phi) is 2.82. The molecule has 3 rings (SSSR count). The monoisotopic (exact) mass is 271 g/mol. The molecule has 0 bridgehead atoms. The molecule has 0 radical (unpaired) electrons. The normalized spacial score (nSPS) is 10.7. The summed E-state index contributed by atoms with van der Waals surface area (Å²) in [6.45, 7) is 0. The highest BCUT2D eigenvalue weighted by Gasteiger charge is 2.15. The van der Waals surface area contributed by atoms with Crippen molar-refractivity contribution in [2.75, 3.05) is 12.8 Å². The van der Waals surface area contributed by atoms with Gasteiger partial charge in [-0.1, -0.05) is 0 Å². The number of nitrogen functional groups attached to an aromatic ring is 1. The SMILES string of the molecule is COc1ccc(N)c(-c2nnnn2-c2ccn(C)n2)c1. The molecule has 0 aliphatic carbocycles. The summed E-state index contributed by atoms with van der Waals surface area (Å²) in [7, 11) is 3.42. The Balaban J connectivity index is 2.14. The van der Waals surface area contributed by atoms with Gasteiger partial charge in [-0.25, -0.2) is 0 Å². The fraction of sp³-hybridized carbons (Fsp3) is 0.167. The van der Waals surface area contributed by atoms with Crippen molar-refractivity contribution in [1.82, 2.24) is 30.0 Å². The lowest BCUT2D eigenvalue weighted by atomic mass is 10.1. The highest BCUT2D eigenvalue weighted by Crippen LogP contribution is 2.28. The molecule has 8 nitrogen and oxygen atoms in total. The second-order valence-corrected chi connectivity index (χ2v) is 4.22. The van der Waals surface area contributed by atoms with Crippen molar-refractivity contribution in [3.05, 3.63) is 30.5 Å². The van der Waals surface area contributed by atoms with Gasteiger partial charge in [-0.3, -0.25) is 4.68 Å². The van der Waals surface area contributed by atoms with Crippen LogP contribution in [-0.2, 0) is 7.05 Å². The Bertz CT molecular complexity index is 746. The Morgan fingerprint density at radius 2 is 2.10 bits per heavy atom. The van der Waals surface area contributed by atoms with Gasteiger partial charge in [-0.05, 0) is 28.6 Å². The molecule has 0 saturated heterocycles. The number of tetrazole rings is 1. The summed E-state index contributed by atoms with van der Waals surface area (Å²) in [5.74, 6) is 1.82. The molecule has 0 saturated carbocycles. The first-order valence-corrected chi connectivity index (χ1v) is 5.91. The lowest BCUT2D eigenvalue weighted by molar-refractivity contribution is 0.415. The average molecular weight is 271 g/mol. The summed E-state index contributed by atoms with van der Waals surface area (Å²) in [6, 6.07) is 7.15. The first-order valence-electron chi connectivity index (χ1n) is 5.91. The second kappa shape index (κ2) is 4.65. The summed E-state index contributed by atoms with van der Waals surface area (Å²) in [5, 5.41) is 16.0. The molecular formula is C12H13N7O. The van der Waals surface area contributed by atoms with Crippen LogP contribution in [0.2, 0.25) is 0 Å². The van der Waals surface area contributed by atoms with Crippen molar-refractivity contribution in [1.29, 1.82) is 0 Å². The number of hydrogen-bond donors (Lipinski definition) is 1. The van der Waals surface area contributed by atoms with Crippen LogP contribution >= 0.6 is 0 Å². The quantitative estimate of drug-likeness (QED) is 0.703. The number of benzene rings is 1. The standard InChI is InChI=1S/C12H13N7O/c1-18-6-5-11(15-18)19-12(14-16-17-19)9-7-8(20-2)3-4-10(9)13/h3-7H,13H2,1-2H3. The average Bonchev–Trinajstić information content (AvgIpc) is 3.07. The number of nitrogens with zero attached hydrogens (tertiary/aromatic N) is 6. The molecule has 1 aromatic carbocycles. The second-order valence-electron chi connectivity index (χ2n) is 4.22. The molecule has 0 atom stereocenters. The third-order valence-corrected chi connectivity index (χ3v) is 2.89.